The number of anilines is 2. The zero-order valence-corrected chi connectivity index (χ0v) is 11.5. The molecule has 1 saturated heterocycles. The summed E-state index contributed by atoms with van der Waals surface area (Å²) in [6.07, 6.45) is -0.674. The molecular weight excluding hydrogens is 276 g/mol. The van der Waals surface area contributed by atoms with Crippen LogP contribution in [0, 0.1) is 0 Å². The maximum atomic E-state index is 11.8. The topological polar surface area (TPSA) is 99.1 Å². The van der Waals surface area contributed by atoms with Gasteiger partial charge < -0.3 is 20.3 Å². The van der Waals surface area contributed by atoms with Gasteiger partial charge in [-0.1, -0.05) is 0 Å². The monoisotopic (exact) mass is 292 g/mol. The van der Waals surface area contributed by atoms with E-state index in [2.05, 4.69) is 5.32 Å². The van der Waals surface area contributed by atoms with Crippen molar-refractivity contribution in [3.05, 3.63) is 23.8 Å². The van der Waals surface area contributed by atoms with Gasteiger partial charge in [0.15, 0.2) is 0 Å². The standard InChI is InChI=1S/C14H16N2O5/c1-14(12(18)19)5-8-4-9(2-3-11(8)15-14)16-6-10(7-17)21-13(16)20/h2-4,10,15,17H,5-7H2,1H3,(H,18,19)/t10-,14-/m1/s1. The lowest BCUT2D eigenvalue weighted by molar-refractivity contribution is -0.141. The summed E-state index contributed by atoms with van der Waals surface area (Å²) < 4.78 is 5.00. The number of nitrogens with zero attached hydrogens (tertiary/aromatic N) is 1. The average Bonchev–Trinajstić information content (AvgIpc) is 2.98. The molecule has 0 spiro atoms. The number of cyclic esters (lactones) is 1. The van der Waals surface area contributed by atoms with E-state index in [0.717, 1.165) is 11.3 Å². The fourth-order valence-corrected chi connectivity index (χ4v) is 2.70. The van der Waals surface area contributed by atoms with Crippen LogP contribution in [0.15, 0.2) is 18.2 Å². The normalized spacial score (nSPS) is 27.2. The predicted molar refractivity (Wildman–Crippen MR) is 74.5 cm³/mol. The van der Waals surface area contributed by atoms with Crippen molar-refractivity contribution in [1.82, 2.24) is 0 Å². The van der Waals surface area contributed by atoms with E-state index in [0.29, 0.717) is 12.1 Å². The highest BCUT2D eigenvalue weighted by atomic mass is 16.6. The fourth-order valence-electron chi connectivity index (χ4n) is 2.70. The molecule has 3 rings (SSSR count). The molecule has 0 aliphatic carbocycles. The third kappa shape index (κ3) is 2.19. The lowest BCUT2D eigenvalue weighted by Gasteiger charge is -2.18. The summed E-state index contributed by atoms with van der Waals surface area (Å²) in [5, 5.41) is 21.3. The Kier molecular flexibility index (Phi) is 3.02. The number of carboxylic acid groups (broad SMARTS) is 1. The second kappa shape index (κ2) is 4.63. The third-order valence-electron chi connectivity index (χ3n) is 3.90. The SMILES string of the molecule is C[C@]1(C(=O)O)Cc2cc(N3C[C@H](CO)OC3=O)ccc2N1. The van der Waals surface area contributed by atoms with Crippen molar-refractivity contribution in [2.45, 2.75) is 25.0 Å². The Bertz CT molecular complexity index is 617. The molecule has 0 aromatic heterocycles. The van der Waals surface area contributed by atoms with Crippen LogP contribution in [0.2, 0.25) is 0 Å². The number of benzene rings is 1. The number of fused-ring (bicyclic) bond motifs is 1. The molecule has 21 heavy (non-hydrogen) atoms. The first-order valence-corrected chi connectivity index (χ1v) is 6.66. The van der Waals surface area contributed by atoms with Crippen molar-refractivity contribution in [2.75, 3.05) is 23.4 Å². The predicted octanol–water partition coefficient (Wildman–Crippen LogP) is 0.815. The van der Waals surface area contributed by atoms with E-state index >= 15 is 0 Å². The quantitative estimate of drug-likeness (QED) is 0.762. The van der Waals surface area contributed by atoms with Gasteiger partial charge in [0.2, 0.25) is 0 Å². The number of carboxylic acids is 1. The lowest BCUT2D eigenvalue weighted by Crippen LogP contribution is -2.41. The van der Waals surface area contributed by atoms with Crippen LogP contribution >= 0.6 is 0 Å². The van der Waals surface area contributed by atoms with E-state index in [1.165, 1.54) is 4.90 Å². The van der Waals surface area contributed by atoms with Crippen molar-refractivity contribution in [2.24, 2.45) is 0 Å². The van der Waals surface area contributed by atoms with Crippen LogP contribution in [0.25, 0.3) is 0 Å². The molecule has 1 aromatic carbocycles. The Morgan fingerprint density at radius 3 is 2.95 bits per heavy atom. The highest BCUT2D eigenvalue weighted by Gasteiger charge is 2.40. The number of hydrogen-bond donors (Lipinski definition) is 3. The minimum absolute atomic E-state index is 0.216. The van der Waals surface area contributed by atoms with Crippen molar-refractivity contribution in [3.63, 3.8) is 0 Å². The van der Waals surface area contributed by atoms with Gasteiger partial charge in [0.05, 0.1) is 13.2 Å². The van der Waals surface area contributed by atoms with E-state index in [1.807, 2.05) is 0 Å². The third-order valence-corrected chi connectivity index (χ3v) is 3.90. The molecule has 2 heterocycles. The Morgan fingerprint density at radius 1 is 1.57 bits per heavy atom. The van der Waals surface area contributed by atoms with Crippen LogP contribution in [0.4, 0.5) is 16.2 Å². The van der Waals surface area contributed by atoms with Crippen LogP contribution in [0.3, 0.4) is 0 Å². The largest absolute Gasteiger partial charge is 0.480 e. The molecule has 1 fully saturated rings. The zero-order valence-electron chi connectivity index (χ0n) is 11.5. The smallest absolute Gasteiger partial charge is 0.414 e. The van der Waals surface area contributed by atoms with Gasteiger partial charge in [-0.2, -0.15) is 0 Å². The van der Waals surface area contributed by atoms with Gasteiger partial charge in [0.1, 0.15) is 11.6 Å². The first kappa shape index (κ1) is 13.7. The minimum atomic E-state index is -1.03. The Hall–Kier alpha value is -2.28. The summed E-state index contributed by atoms with van der Waals surface area (Å²) >= 11 is 0. The van der Waals surface area contributed by atoms with Crippen LogP contribution in [-0.2, 0) is 16.0 Å². The number of aliphatic carboxylic acids is 1. The van der Waals surface area contributed by atoms with Gasteiger partial charge in [-0.25, -0.2) is 9.59 Å². The van der Waals surface area contributed by atoms with Crippen LogP contribution in [-0.4, -0.2) is 47.1 Å². The van der Waals surface area contributed by atoms with Crippen LogP contribution in [0.5, 0.6) is 0 Å². The van der Waals surface area contributed by atoms with Gasteiger partial charge in [-0.3, -0.25) is 4.90 Å². The zero-order chi connectivity index (χ0) is 15.2. The molecule has 1 amide bonds. The Labute approximate surface area is 121 Å². The molecule has 0 bridgehead atoms. The molecule has 2 aliphatic heterocycles. The molecule has 0 radical (unpaired) electrons. The maximum absolute atomic E-state index is 11.8. The van der Waals surface area contributed by atoms with Gasteiger partial charge in [-0.05, 0) is 30.7 Å². The summed E-state index contributed by atoms with van der Waals surface area (Å²) in [4.78, 5) is 24.5. The van der Waals surface area contributed by atoms with E-state index < -0.39 is 23.7 Å². The summed E-state index contributed by atoms with van der Waals surface area (Å²) in [7, 11) is 0. The van der Waals surface area contributed by atoms with Gasteiger partial charge in [-0.15, -0.1) is 0 Å². The van der Waals surface area contributed by atoms with Crippen molar-refractivity contribution in [3.8, 4) is 0 Å². The molecule has 112 valence electrons. The molecule has 0 unspecified atom stereocenters. The van der Waals surface area contributed by atoms with Gasteiger partial charge >= 0.3 is 12.1 Å². The maximum Gasteiger partial charge on any atom is 0.414 e. The number of amides is 1. The van der Waals surface area contributed by atoms with Crippen LogP contribution < -0.4 is 10.2 Å². The number of ether oxygens (including phenoxy) is 1. The Morgan fingerprint density at radius 2 is 2.33 bits per heavy atom. The van der Waals surface area contributed by atoms with Crippen molar-refractivity contribution < 1.29 is 24.5 Å². The number of aliphatic hydroxyl groups excluding tert-OH is 1. The molecule has 7 nitrogen and oxygen atoms in total. The summed E-state index contributed by atoms with van der Waals surface area (Å²) in [5.41, 5.74) is 1.22. The number of rotatable bonds is 3. The molecule has 1 aromatic rings. The molecular formula is C14H16N2O5. The fraction of sp³-hybridized carbons (Fsp3) is 0.429. The molecule has 0 saturated carbocycles. The molecule has 2 aliphatic rings. The minimum Gasteiger partial charge on any atom is -0.480 e. The second-order valence-corrected chi connectivity index (χ2v) is 5.58. The van der Waals surface area contributed by atoms with Gasteiger partial charge in [0, 0.05) is 17.8 Å². The number of aliphatic hydroxyl groups is 1. The van der Waals surface area contributed by atoms with E-state index in [1.54, 1.807) is 25.1 Å². The van der Waals surface area contributed by atoms with E-state index in [-0.39, 0.29) is 13.2 Å². The van der Waals surface area contributed by atoms with E-state index in [9.17, 15) is 14.7 Å². The molecule has 7 heteroatoms. The molecule has 2 atom stereocenters. The summed E-state index contributed by atoms with van der Waals surface area (Å²) in [5.74, 6) is -0.916. The number of nitrogens with one attached hydrogen (secondary N) is 1. The van der Waals surface area contributed by atoms with E-state index in [4.69, 9.17) is 9.84 Å². The number of hydrogen-bond acceptors (Lipinski definition) is 5. The number of carbonyl (C=O) groups excluding carboxylic acids is 1. The highest BCUT2D eigenvalue weighted by Crippen LogP contribution is 2.36. The summed E-state index contributed by atoms with van der Waals surface area (Å²) in [6, 6.07) is 5.29. The lowest BCUT2D eigenvalue weighted by atomic mass is 9.98. The highest BCUT2D eigenvalue weighted by molar-refractivity contribution is 5.91. The first-order chi connectivity index (χ1) is 9.93. The average molecular weight is 292 g/mol. The summed E-state index contributed by atoms with van der Waals surface area (Å²) in [6.45, 7) is 1.70. The van der Waals surface area contributed by atoms with Crippen molar-refractivity contribution >= 4 is 23.4 Å². The molecule has 3 N–H and O–H groups in total. The Balaban J connectivity index is 1.86. The van der Waals surface area contributed by atoms with Gasteiger partial charge in [0.25, 0.3) is 0 Å². The number of carbonyl (C=O) groups is 2. The van der Waals surface area contributed by atoms with Crippen molar-refractivity contribution in [1.29, 1.82) is 0 Å². The van der Waals surface area contributed by atoms with Crippen LogP contribution in [0.1, 0.15) is 12.5 Å². The first-order valence-electron chi connectivity index (χ1n) is 6.66. The second-order valence-electron chi connectivity index (χ2n) is 5.58.